The zero-order valence-corrected chi connectivity index (χ0v) is 8.49. The third-order valence-corrected chi connectivity index (χ3v) is 3.15. The number of ether oxygens (including phenoxy) is 1. The quantitative estimate of drug-likeness (QED) is 0.579. The van der Waals surface area contributed by atoms with Crippen molar-refractivity contribution in [3.63, 3.8) is 0 Å². The van der Waals surface area contributed by atoms with E-state index in [9.17, 15) is 4.79 Å². The Labute approximate surface area is 82.9 Å². The molecule has 2 aliphatic heterocycles. The van der Waals surface area contributed by atoms with E-state index in [4.69, 9.17) is 10.5 Å². The molecule has 0 aromatic rings. The Morgan fingerprint density at radius 3 is 2.93 bits per heavy atom. The summed E-state index contributed by atoms with van der Waals surface area (Å²) in [7, 11) is 2.04. The van der Waals surface area contributed by atoms with E-state index in [0.29, 0.717) is 18.9 Å². The van der Waals surface area contributed by atoms with Crippen molar-refractivity contribution in [3.05, 3.63) is 0 Å². The highest BCUT2D eigenvalue weighted by Gasteiger charge is 2.49. The van der Waals surface area contributed by atoms with Crippen molar-refractivity contribution in [1.29, 1.82) is 0 Å². The number of hydrogen-bond acceptors (Lipinski definition) is 4. The Kier molecular flexibility index (Phi) is 1.99. The molecule has 0 saturated carbocycles. The summed E-state index contributed by atoms with van der Waals surface area (Å²) < 4.78 is 5.37. The van der Waals surface area contributed by atoms with Crippen LogP contribution in [0, 0.1) is 0 Å². The van der Waals surface area contributed by atoms with Gasteiger partial charge in [-0.2, -0.15) is 4.99 Å². The van der Waals surface area contributed by atoms with Gasteiger partial charge in [-0.1, -0.05) is 0 Å². The molecule has 1 spiro atoms. The molecule has 0 aromatic carbocycles. The molecule has 5 heteroatoms. The van der Waals surface area contributed by atoms with E-state index in [2.05, 4.69) is 16.8 Å². The van der Waals surface area contributed by atoms with Crippen LogP contribution in [0.5, 0.6) is 0 Å². The summed E-state index contributed by atoms with van der Waals surface area (Å²) >= 11 is 0. The smallest absolute Gasteiger partial charge is 0.294 e. The number of rotatable bonds is 0. The molecule has 2 heterocycles. The first kappa shape index (κ1) is 9.45. The van der Waals surface area contributed by atoms with Crippen LogP contribution in [0.15, 0.2) is 4.99 Å². The number of nitrogens with two attached hydrogens (primary N) is 1. The first-order valence-electron chi connectivity index (χ1n) is 4.81. The molecule has 0 aromatic heterocycles. The van der Waals surface area contributed by atoms with Gasteiger partial charge in [0.2, 0.25) is 0 Å². The predicted octanol–water partition coefficient (Wildman–Crippen LogP) is -0.289. The maximum Gasteiger partial charge on any atom is 0.294 e. The molecule has 1 saturated heterocycles. The van der Waals surface area contributed by atoms with E-state index < -0.39 is 5.60 Å². The van der Waals surface area contributed by atoms with Crippen molar-refractivity contribution >= 4 is 11.9 Å². The summed E-state index contributed by atoms with van der Waals surface area (Å²) in [6.45, 7) is 2.92. The van der Waals surface area contributed by atoms with Gasteiger partial charge in [-0.25, -0.2) is 0 Å². The van der Waals surface area contributed by atoms with Gasteiger partial charge in [0, 0.05) is 25.4 Å². The van der Waals surface area contributed by atoms with Crippen LogP contribution in [0.25, 0.3) is 0 Å². The highest BCUT2D eigenvalue weighted by molar-refractivity contribution is 6.00. The van der Waals surface area contributed by atoms with E-state index in [1.54, 1.807) is 0 Å². The lowest BCUT2D eigenvalue weighted by atomic mass is 9.87. The zero-order chi connectivity index (χ0) is 10.3. The second-order valence-electron chi connectivity index (χ2n) is 4.14. The Balaban J connectivity index is 2.16. The summed E-state index contributed by atoms with van der Waals surface area (Å²) in [4.78, 5) is 17.4. The van der Waals surface area contributed by atoms with Crippen molar-refractivity contribution in [3.8, 4) is 0 Å². The number of carbonyl (C=O) groups excluding carboxylic acids is 1. The molecule has 0 radical (unpaired) electrons. The van der Waals surface area contributed by atoms with E-state index >= 15 is 0 Å². The number of amidine groups is 1. The Bertz CT molecular complexity index is 302. The molecule has 2 N–H and O–H groups in total. The number of piperidine rings is 1. The monoisotopic (exact) mass is 197 g/mol. The average Bonchev–Trinajstić information content (AvgIpc) is 2.36. The topological polar surface area (TPSA) is 67.9 Å². The maximum absolute atomic E-state index is 11.6. The third-order valence-electron chi connectivity index (χ3n) is 3.15. The standard InChI is InChI=1S/C9H15N3O2/c1-6-5-9(3-4-12(6)2)7(13)11-8(10)14-9/h6H,3-5H2,1-2H3,(H2,10,11,13). The molecular weight excluding hydrogens is 182 g/mol. The SMILES string of the molecule is CC1CC2(CCN1C)OC(N)=NC2=O. The fraction of sp³-hybridized carbons (Fsp3) is 0.778. The van der Waals surface area contributed by atoms with Crippen LogP contribution in [0.3, 0.4) is 0 Å². The molecule has 78 valence electrons. The molecule has 0 bridgehead atoms. The van der Waals surface area contributed by atoms with E-state index in [1.165, 1.54) is 0 Å². The largest absolute Gasteiger partial charge is 0.448 e. The molecule has 2 rings (SSSR count). The van der Waals surface area contributed by atoms with Gasteiger partial charge in [0.1, 0.15) is 0 Å². The summed E-state index contributed by atoms with van der Waals surface area (Å²) in [5, 5.41) is 0. The molecule has 1 amide bonds. The van der Waals surface area contributed by atoms with E-state index in [0.717, 1.165) is 6.54 Å². The third kappa shape index (κ3) is 1.28. The van der Waals surface area contributed by atoms with Gasteiger partial charge >= 0.3 is 0 Å². The first-order valence-corrected chi connectivity index (χ1v) is 4.81. The fourth-order valence-electron chi connectivity index (χ4n) is 2.07. The van der Waals surface area contributed by atoms with Crippen LogP contribution < -0.4 is 5.73 Å². The Morgan fingerprint density at radius 1 is 1.71 bits per heavy atom. The Morgan fingerprint density at radius 2 is 2.43 bits per heavy atom. The van der Waals surface area contributed by atoms with Crippen LogP contribution in [-0.4, -0.2) is 42.1 Å². The van der Waals surface area contributed by atoms with Crippen molar-refractivity contribution in [2.75, 3.05) is 13.6 Å². The molecule has 2 aliphatic rings. The van der Waals surface area contributed by atoms with Crippen LogP contribution in [0.1, 0.15) is 19.8 Å². The van der Waals surface area contributed by atoms with Gasteiger partial charge in [-0.15, -0.1) is 0 Å². The number of nitrogens with zero attached hydrogens (tertiary/aromatic N) is 2. The predicted molar refractivity (Wildman–Crippen MR) is 51.8 cm³/mol. The number of carbonyl (C=O) groups is 1. The highest BCUT2D eigenvalue weighted by atomic mass is 16.5. The molecule has 2 unspecified atom stereocenters. The normalized spacial score (nSPS) is 38.6. The van der Waals surface area contributed by atoms with E-state index in [-0.39, 0.29) is 11.9 Å². The van der Waals surface area contributed by atoms with Gasteiger partial charge in [0.05, 0.1) is 0 Å². The molecule has 5 nitrogen and oxygen atoms in total. The van der Waals surface area contributed by atoms with Crippen LogP contribution >= 0.6 is 0 Å². The summed E-state index contributed by atoms with van der Waals surface area (Å²) in [6.07, 6.45) is 1.35. The van der Waals surface area contributed by atoms with Crippen molar-refractivity contribution in [2.45, 2.75) is 31.4 Å². The van der Waals surface area contributed by atoms with E-state index in [1.807, 2.05) is 7.05 Å². The van der Waals surface area contributed by atoms with Gasteiger partial charge in [0.15, 0.2) is 5.60 Å². The average molecular weight is 197 g/mol. The second kappa shape index (κ2) is 2.95. The molecule has 0 aliphatic carbocycles. The minimum atomic E-state index is -0.754. The minimum Gasteiger partial charge on any atom is -0.448 e. The lowest BCUT2D eigenvalue weighted by molar-refractivity contribution is -0.136. The van der Waals surface area contributed by atoms with Gasteiger partial charge in [0.25, 0.3) is 11.9 Å². The number of aliphatic imine (C=N–C) groups is 1. The zero-order valence-electron chi connectivity index (χ0n) is 8.49. The van der Waals surface area contributed by atoms with Gasteiger partial charge < -0.3 is 15.4 Å². The summed E-state index contributed by atoms with van der Waals surface area (Å²) in [5.41, 5.74) is 4.65. The Hall–Kier alpha value is -1.10. The lowest BCUT2D eigenvalue weighted by Crippen LogP contribution is -2.51. The van der Waals surface area contributed by atoms with Crippen LogP contribution in [0.4, 0.5) is 0 Å². The fourth-order valence-corrected chi connectivity index (χ4v) is 2.07. The molecule has 14 heavy (non-hydrogen) atoms. The number of hydrogen-bond donors (Lipinski definition) is 1. The molecule has 1 fully saturated rings. The summed E-state index contributed by atoms with van der Waals surface area (Å²) in [5.74, 6) is -0.213. The van der Waals surface area contributed by atoms with Crippen LogP contribution in [-0.2, 0) is 9.53 Å². The van der Waals surface area contributed by atoms with Crippen molar-refractivity contribution in [2.24, 2.45) is 10.7 Å². The highest BCUT2D eigenvalue weighted by Crippen LogP contribution is 2.33. The van der Waals surface area contributed by atoms with Gasteiger partial charge in [-0.05, 0) is 14.0 Å². The first-order chi connectivity index (χ1) is 6.53. The van der Waals surface area contributed by atoms with Crippen LogP contribution in [0.2, 0.25) is 0 Å². The maximum atomic E-state index is 11.6. The summed E-state index contributed by atoms with van der Waals surface area (Å²) in [6, 6.07) is 0.348. The minimum absolute atomic E-state index is 0.0201. The van der Waals surface area contributed by atoms with Crippen molar-refractivity contribution in [1.82, 2.24) is 4.90 Å². The second-order valence-corrected chi connectivity index (χ2v) is 4.14. The number of likely N-dealkylation sites (tertiary alicyclic amines) is 1. The molecule has 2 atom stereocenters. The lowest BCUT2D eigenvalue weighted by Gasteiger charge is -2.39. The number of amides is 1. The molecular formula is C9H15N3O2. The van der Waals surface area contributed by atoms with Gasteiger partial charge in [-0.3, -0.25) is 4.79 Å². The van der Waals surface area contributed by atoms with Crippen molar-refractivity contribution < 1.29 is 9.53 Å².